The molecule has 3 amide bonds. The van der Waals surface area contributed by atoms with Gasteiger partial charge in [0.1, 0.15) is 11.8 Å². The van der Waals surface area contributed by atoms with Crippen LogP contribution in [0.25, 0.3) is 0 Å². The number of nitrogens with one attached hydrogen (secondary N) is 2. The van der Waals surface area contributed by atoms with Gasteiger partial charge in [0.2, 0.25) is 0 Å². The average Bonchev–Trinajstić information content (AvgIpc) is 3.25. The molecule has 2 aliphatic heterocycles. The van der Waals surface area contributed by atoms with Gasteiger partial charge in [-0.2, -0.15) is 0 Å². The second kappa shape index (κ2) is 10.8. The van der Waals surface area contributed by atoms with Crippen LogP contribution in [0.2, 0.25) is 5.02 Å². The quantitative estimate of drug-likeness (QED) is 0.608. The Morgan fingerprint density at radius 2 is 2.03 bits per heavy atom. The standard InChI is InChI=1S/C24H27ClN4O5/c1-2-33-23(31)20-18(26-24(32)27-21(20)19-8-4-13-34-19)15-28-9-5-10-29(12-11-28)22(30)16-6-3-7-17(25)14-16/h3-4,6-8,13-14,21H,2,5,9-12,15H2,1H3,(H2,26,27,32). The van der Waals surface area contributed by atoms with Gasteiger partial charge in [-0.1, -0.05) is 17.7 Å². The number of hydrogen-bond donors (Lipinski definition) is 2. The zero-order chi connectivity index (χ0) is 24.1. The maximum atomic E-state index is 12.9. The Morgan fingerprint density at radius 3 is 2.76 bits per heavy atom. The first-order valence-corrected chi connectivity index (χ1v) is 11.6. The zero-order valence-electron chi connectivity index (χ0n) is 18.9. The largest absolute Gasteiger partial charge is 0.467 e. The molecular weight excluding hydrogens is 460 g/mol. The molecule has 1 aromatic heterocycles. The van der Waals surface area contributed by atoms with Crippen molar-refractivity contribution < 1.29 is 23.5 Å². The Balaban J connectivity index is 1.52. The maximum absolute atomic E-state index is 12.9. The average molecular weight is 487 g/mol. The van der Waals surface area contributed by atoms with E-state index < -0.39 is 18.0 Å². The molecular formula is C24H27ClN4O5. The number of nitrogens with zero attached hydrogens (tertiary/aromatic N) is 2. The van der Waals surface area contributed by atoms with Crippen molar-refractivity contribution in [2.75, 3.05) is 39.3 Å². The molecule has 0 spiro atoms. The van der Waals surface area contributed by atoms with Crippen LogP contribution in [0.5, 0.6) is 0 Å². The molecule has 1 fully saturated rings. The summed E-state index contributed by atoms with van der Waals surface area (Å²) in [5, 5.41) is 6.05. The van der Waals surface area contributed by atoms with E-state index in [1.807, 2.05) is 0 Å². The first kappa shape index (κ1) is 23.8. The minimum atomic E-state index is -0.745. The summed E-state index contributed by atoms with van der Waals surface area (Å²) in [7, 11) is 0. The molecule has 1 aromatic carbocycles. The summed E-state index contributed by atoms with van der Waals surface area (Å²) in [6.07, 6.45) is 2.24. The van der Waals surface area contributed by atoms with Crippen molar-refractivity contribution in [1.82, 2.24) is 20.4 Å². The monoisotopic (exact) mass is 486 g/mol. The van der Waals surface area contributed by atoms with Crippen LogP contribution in [0.4, 0.5) is 4.79 Å². The van der Waals surface area contributed by atoms with Gasteiger partial charge in [-0.05, 0) is 43.7 Å². The van der Waals surface area contributed by atoms with Crippen LogP contribution >= 0.6 is 11.6 Å². The second-order valence-electron chi connectivity index (χ2n) is 8.09. The fraction of sp³-hybridized carbons (Fsp3) is 0.375. The summed E-state index contributed by atoms with van der Waals surface area (Å²) < 4.78 is 10.8. The highest BCUT2D eigenvalue weighted by Crippen LogP contribution is 2.28. The third-order valence-corrected chi connectivity index (χ3v) is 6.04. The molecule has 10 heteroatoms. The van der Waals surface area contributed by atoms with Crippen LogP contribution in [0.1, 0.15) is 35.5 Å². The van der Waals surface area contributed by atoms with E-state index in [9.17, 15) is 14.4 Å². The van der Waals surface area contributed by atoms with E-state index in [0.717, 1.165) is 6.42 Å². The zero-order valence-corrected chi connectivity index (χ0v) is 19.6. The Labute approximate surface area is 202 Å². The van der Waals surface area contributed by atoms with Gasteiger partial charge in [-0.3, -0.25) is 9.69 Å². The predicted octanol–water partition coefficient (Wildman–Crippen LogP) is 2.95. The van der Waals surface area contributed by atoms with Crippen molar-refractivity contribution in [3.05, 3.63) is 70.3 Å². The van der Waals surface area contributed by atoms with Gasteiger partial charge in [-0.15, -0.1) is 0 Å². The molecule has 2 N–H and O–H groups in total. The van der Waals surface area contributed by atoms with Crippen LogP contribution in [-0.4, -0.2) is 67.0 Å². The minimum absolute atomic E-state index is 0.0659. The Kier molecular flexibility index (Phi) is 7.54. The normalized spacial score (nSPS) is 19.3. The van der Waals surface area contributed by atoms with E-state index in [2.05, 4.69) is 15.5 Å². The topological polar surface area (TPSA) is 104 Å². The lowest BCUT2D eigenvalue weighted by atomic mass is 10.00. The lowest BCUT2D eigenvalue weighted by molar-refractivity contribution is -0.139. The summed E-state index contributed by atoms with van der Waals surface area (Å²) in [4.78, 5) is 42.1. The van der Waals surface area contributed by atoms with E-state index >= 15 is 0 Å². The van der Waals surface area contributed by atoms with E-state index in [0.29, 0.717) is 60.3 Å². The number of esters is 1. The SMILES string of the molecule is CCOC(=O)C1=C(CN2CCCN(C(=O)c3cccc(Cl)c3)CC2)NC(=O)NC1c1ccco1. The fourth-order valence-electron chi connectivity index (χ4n) is 4.22. The minimum Gasteiger partial charge on any atom is -0.467 e. The first-order chi connectivity index (χ1) is 16.5. The summed E-state index contributed by atoms with van der Waals surface area (Å²) in [5.41, 5.74) is 1.34. The molecule has 34 heavy (non-hydrogen) atoms. The molecule has 3 heterocycles. The fourth-order valence-corrected chi connectivity index (χ4v) is 4.41. The summed E-state index contributed by atoms with van der Waals surface area (Å²) in [6, 6.07) is 9.17. The predicted molar refractivity (Wildman–Crippen MR) is 125 cm³/mol. The lowest BCUT2D eigenvalue weighted by Gasteiger charge is -2.30. The molecule has 1 unspecified atom stereocenters. The number of benzene rings is 1. The van der Waals surface area contributed by atoms with Gasteiger partial charge in [0.05, 0.1) is 18.4 Å². The highest BCUT2D eigenvalue weighted by Gasteiger charge is 2.36. The summed E-state index contributed by atoms with van der Waals surface area (Å²) >= 11 is 6.05. The number of rotatable bonds is 6. The molecule has 1 saturated heterocycles. The highest BCUT2D eigenvalue weighted by atomic mass is 35.5. The van der Waals surface area contributed by atoms with E-state index in [4.69, 9.17) is 20.8 Å². The van der Waals surface area contributed by atoms with Crippen molar-refractivity contribution in [1.29, 1.82) is 0 Å². The van der Waals surface area contributed by atoms with Crippen LogP contribution < -0.4 is 10.6 Å². The third kappa shape index (κ3) is 5.43. The number of urea groups is 1. The van der Waals surface area contributed by atoms with Crippen molar-refractivity contribution in [3.8, 4) is 0 Å². The van der Waals surface area contributed by atoms with E-state index in [-0.39, 0.29) is 12.5 Å². The van der Waals surface area contributed by atoms with Crippen LogP contribution in [0.15, 0.2) is 58.3 Å². The Bertz CT molecular complexity index is 1080. The molecule has 0 bridgehead atoms. The van der Waals surface area contributed by atoms with Gasteiger partial charge < -0.3 is 24.7 Å². The Hall–Kier alpha value is -3.30. The number of halogens is 1. The van der Waals surface area contributed by atoms with Gasteiger partial charge in [0, 0.05) is 49.0 Å². The van der Waals surface area contributed by atoms with Gasteiger partial charge in [0.25, 0.3) is 5.91 Å². The van der Waals surface area contributed by atoms with E-state index in [1.165, 1.54) is 6.26 Å². The molecule has 1 atom stereocenters. The van der Waals surface area contributed by atoms with E-state index in [1.54, 1.807) is 48.2 Å². The molecule has 0 aliphatic carbocycles. The molecule has 0 saturated carbocycles. The van der Waals surface area contributed by atoms with Crippen molar-refractivity contribution in [2.24, 2.45) is 0 Å². The third-order valence-electron chi connectivity index (χ3n) is 5.81. The highest BCUT2D eigenvalue weighted by molar-refractivity contribution is 6.30. The van der Waals surface area contributed by atoms with Crippen LogP contribution in [0.3, 0.4) is 0 Å². The molecule has 4 rings (SSSR count). The number of hydrogen-bond acceptors (Lipinski definition) is 6. The number of furan rings is 1. The second-order valence-corrected chi connectivity index (χ2v) is 8.53. The van der Waals surface area contributed by atoms with Gasteiger partial charge in [0.15, 0.2) is 0 Å². The Morgan fingerprint density at radius 1 is 1.18 bits per heavy atom. The lowest BCUT2D eigenvalue weighted by Crippen LogP contribution is -2.48. The molecule has 180 valence electrons. The number of ether oxygens (including phenoxy) is 1. The number of amides is 3. The maximum Gasteiger partial charge on any atom is 0.338 e. The summed E-state index contributed by atoms with van der Waals surface area (Å²) in [6.45, 7) is 4.68. The van der Waals surface area contributed by atoms with Gasteiger partial charge >= 0.3 is 12.0 Å². The van der Waals surface area contributed by atoms with Crippen LogP contribution in [-0.2, 0) is 9.53 Å². The number of carbonyl (C=O) groups is 3. The molecule has 2 aliphatic rings. The molecule has 0 radical (unpaired) electrons. The molecule has 2 aromatic rings. The van der Waals surface area contributed by atoms with Crippen molar-refractivity contribution in [3.63, 3.8) is 0 Å². The van der Waals surface area contributed by atoms with Crippen molar-refractivity contribution >= 4 is 29.5 Å². The summed E-state index contributed by atoms with van der Waals surface area (Å²) in [5.74, 6) is -0.132. The number of carbonyl (C=O) groups excluding carboxylic acids is 3. The van der Waals surface area contributed by atoms with Gasteiger partial charge in [-0.25, -0.2) is 9.59 Å². The van der Waals surface area contributed by atoms with Crippen LogP contribution in [0, 0.1) is 0 Å². The van der Waals surface area contributed by atoms with Crippen molar-refractivity contribution in [2.45, 2.75) is 19.4 Å². The smallest absolute Gasteiger partial charge is 0.338 e. The molecule has 9 nitrogen and oxygen atoms in total. The first-order valence-electron chi connectivity index (χ1n) is 11.2.